The fourth-order valence-corrected chi connectivity index (χ4v) is 1.16. The molecular weight excluding hydrogens is 246 g/mol. The summed E-state index contributed by atoms with van der Waals surface area (Å²) >= 11 is 5.83. The van der Waals surface area contributed by atoms with Crippen molar-refractivity contribution >= 4 is 40.9 Å². The van der Waals surface area contributed by atoms with E-state index in [1.54, 1.807) is 6.26 Å². The van der Waals surface area contributed by atoms with Crippen molar-refractivity contribution in [3.63, 3.8) is 0 Å². The van der Waals surface area contributed by atoms with Crippen LogP contribution in [0.25, 0.3) is 0 Å². The summed E-state index contributed by atoms with van der Waals surface area (Å²) in [4.78, 5) is 0. The molecule has 1 aromatic heterocycles. The van der Waals surface area contributed by atoms with E-state index in [1.807, 2.05) is 13.0 Å². The predicted molar refractivity (Wildman–Crippen MR) is 38.6 cm³/mol. The van der Waals surface area contributed by atoms with Crippen molar-refractivity contribution in [2.75, 3.05) is 0 Å². The van der Waals surface area contributed by atoms with Crippen molar-refractivity contribution in [1.82, 2.24) is 0 Å². The summed E-state index contributed by atoms with van der Waals surface area (Å²) in [6.45, 7) is 1.92. The molecule has 0 fully saturated rings. The first kappa shape index (κ1) is 7.30. The summed E-state index contributed by atoms with van der Waals surface area (Å²) in [7, 11) is 0. The molecule has 0 bridgehead atoms. The quantitative estimate of drug-likeness (QED) is 0.445. The number of hydrogen-bond donors (Lipinski definition) is 0. The number of rotatable bonds is 0. The van der Waals surface area contributed by atoms with Crippen molar-refractivity contribution < 1.29 is 4.42 Å². The van der Waals surface area contributed by atoms with Crippen LogP contribution in [-0.2, 0) is 0 Å². The average molecular weight is 251 g/mol. The molecule has 0 aromatic carbocycles. The predicted octanol–water partition coefficient (Wildman–Crippen LogP) is -0.543. The Hall–Kier alpha value is 0.189. The molecule has 1 aromatic rings. The van der Waals surface area contributed by atoms with Crippen molar-refractivity contribution in [3.05, 3.63) is 18.1 Å². The Morgan fingerprint density at radius 3 is 2.56 bits per heavy atom. The molecule has 46 valence electrons. The van der Waals surface area contributed by atoms with Gasteiger partial charge in [-0.1, -0.05) is 0 Å². The second-order valence-corrected chi connectivity index (χ2v) is 3.45. The Morgan fingerprint density at radius 1 is 1.44 bits per heavy atom. The van der Waals surface area contributed by atoms with Crippen molar-refractivity contribution in [1.29, 1.82) is 0 Å². The Kier molecular flexibility index (Phi) is 2.31. The van der Waals surface area contributed by atoms with Crippen molar-refractivity contribution in [2.45, 2.75) is 6.92 Å². The van der Waals surface area contributed by atoms with E-state index in [1.165, 1.54) is 0 Å². The normalized spacial score (nSPS) is 9.44. The Balaban J connectivity index is 3.25. The SMILES string of the molecule is Cc1[o+]ccc([Se])c1[Se]. The van der Waals surface area contributed by atoms with Gasteiger partial charge in [-0.05, 0) is 0 Å². The Bertz CT molecular complexity index is 202. The summed E-state index contributed by atoms with van der Waals surface area (Å²) in [6.07, 6.45) is 1.67. The van der Waals surface area contributed by atoms with E-state index in [9.17, 15) is 0 Å². The molecule has 0 saturated carbocycles. The van der Waals surface area contributed by atoms with Crippen LogP contribution in [0.5, 0.6) is 0 Å². The summed E-state index contributed by atoms with van der Waals surface area (Å²) in [5, 5.41) is 0. The molecule has 0 saturated heterocycles. The van der Waals surface area contributed by atoms with Gasteiger partial charge in [0.05, 0.1) is 0 Å². The van der Waals surface area contributed by atoms with Gasteiger partial charge in [-0.25, -0.2) is 0 Å². The van der Waals surface area contributed by atoms with E-state index in [0.717, 1.165) is 14.7 Å². The van der Waals surface area contributed by atoms with E-state index >= 15 is 0 Å². The summed E-state index contributed by atoms with van der Waals surface area (Å²) in [5.41, 5.74) is 0. The molecule has 1 rings (SSSR count). The van der Waals surface area contributed by atoms with Gasteiger partial charge in [0.1, 0.15) is 0 Å². The van der Waals surface area contributed by atoms with Crippen LogP contribution < -0.4 is 8.92 Å². The molecule has 2 radical (unpaired) electrons. The minimum atomic E-state index is 0.922. The summed E-state index contributed by atoms with van der Waals surface area (Å²) in [6, 6.07) is 1.89. The molecule has 0 aliphatic heterocycles. The zero-order valence-electron chi connectivity index (χ0n) is 4.88. The van der Waals surface area contributed by atoms with Gasteiger partial charge in [-0.15, -0.1) is 0 Å². The Morgan fingerprint density at radius 2 is 2.11 bits per heavy atom. The van der Waals surface area contributed by atoms with E-state index in [2.05, 4.69) is 32.0 Å². The molecule has 9 heavy (non-hydrogen) atoms. The molecule has 0 aliphatic rings. The van der Waals surface area contributed by atoms with E-state index in [4.69, 9.17) is 4.42 Å². The first-order chi connectivity index (χ1) is 4.22. The van der Waals surface area contributed by atoms with Crippen LogP contribution in [0.4, 0.5) is 0 Å². The molecule has 0 atom stereocenters. The molecule has 0 amide bonds. The molecule has 1 nitrogen and oxygen atoms in total. The van der Waals surface area contributed by atoms with Crippen LogP contribution in [0.15, 0.2) is 16.7 Å². The van der Waals surface area contributed by atoms with E-state index in [0.29, 0.717) is 0 Å². The standard InChI is InChI=1S/C6H5OSe2/c1-4-6(9)5(8)2-3-7-4/h2-3H,1H3/q+1. The van der Waals surface area contributed by atoms with Gasteiger partial charge in [-0.3, -0.25) is 0 Å². The molecule has 3 heteroatoms. The van der Waals surface area contributed by atoms with Gasteiger partial charge in [0.15, 0.2) is 0 Å². The monoisotopic (exact) mass is 253 g/mol. The van der Waals surface area contributed by atoms with Gasteiger partial charge in [-0.2, -0.15) is 0 Å². The molecular formula is C6H5OSe2+. The van der Waals surface area contributed by atoms with Crippen LogP contribution in [0.3, 0.4) is 0 Å². The van der Waals surface area contributed by atoms with E-state index in [-0.39, 0.29) is 0 Å². The fraction of sp³-hybridized carbons (Fsp3) is 0.167. The second kappa shape index (κ2) is 2.85. The molecule has 0 spiro atoms. The third kappa shape index (κ3) is 1.56. The van der Waals surface area contributed by atoms with Gasteiger partial charge < -0.3 is 0 Å². The second-order valence-electron chi connectivity index (χ2n) is 1.67. The van der Waals surface area contributed by atoms with Crippen molar-refractivity contribution in [2.24, 2.45) is 0 Å². The number of aryl methyl sites for hydroxylation is 1. The van der Waals surface area contributed by atoms with Gasteiger partial charge in [0, 0.05) is 0 Å². The average Bonchev–Trinajstić information content (AvgIpc) is 1.83. The Labute approximate surface area is 70.5 Å². The van der Waals surface area contributed by atoms with Gasteiger partial charge in [0.25, 0.3) is 0 Å². The number of hydrogen-bond acceptors (Lipinski definition) is 0. The van der Waals surface area contributed by atoms with Crippen LogP contribution in [0.2, 0.25) is 0 Å². The maximum absolute atomic E-state index is 5.09. The first-order valence-corrected chi connectivity index (χ1v) is 4.18. The zero-order valence-corrected chi connectivity index (χ0v) is 8.31. The molecule has 0 N–H and O–H groups in total. The molecule has 0 unspecified atom stereocenters. The summed E-state index contributed by atoms with van der Waals surface area (Å²) < 4.78 is 7.26. The van der Waals surface area contributed by atoms with E-state index < -0.39 is 0 Å². The topological polar surface area (TPSA) is 11.3 Å². The van der Waals surface area contributed by atoms with Gasteiger partial charge in [0.2, 0.25) is 0 Å². The van der Waals surface area contributed by atoms with Crippen molar-refractivity contribution in [3.8, 4) is 0 Å². The van der Waals surface area contributed by atoms with Gasteiger partial charge >= 0.3 is 70.4 Å². The maximum atomic E-state index is 5.09. The molecule has 1 heterocycles. The zero-order chi connectivity index (χ0) is 6.85. The van der Waals surface area contributed by atoms with Crippen LogP contribution in [0.1, 0.15) is 5.76 Å². The first-order valence-electron chi connectivity index (χ1n) is 2.47. The summed E-state index contributed by atoms with van der Waals surface area (Å²) in [5.74, 6) is 0.922. The minimum absolute atomic E-state index is 0.922. The third-order valence-electron chi connectivity index (χ3n) is 1.01. The van der Waals surface area contributed by atoms with Crippen LogP contribution in [-0.4, -0.2) is 32.0 Å². The van der Waals surface area contributed by atoms with Crippen LogP contribution >= 0.6 is 0 Å². The molecule has 0 aliphatic carbocycles. The van der Waals surface area contributed by atoms with Crippen LogP contribution in [0, 0.1) is 6.92 Å². The third-order valence-corrected chi connectivity index (χ3v) is 3.44. The fourth-order valence-electron chi connectivity index (χ4n) is 0.501.